The summed E-state index contributed by atoms with van der Waals surface area (Å²) in [7, 11) is 0. The van der Waals surface area contributed by atoms with Crippen LogP contribution < -0.4 is 11.1 Å². The van der Waals surface area contributed by atoms with Crippen LogP contribution in [-0.2, 0) is 0 Å². The van der Waals surface area contributed by atoms with E-state index in [1.807, 2.05) is 36.4 Å². The van der Waals surface area contributed by atoms with Gasteiger partial charge in [0, 0.05) is 16.2 Å². The van der Waals surface area contributed by atoms with Crippen LogP contribution in [-0.4, -0.2) is 25.1 Å². The monoisotopic (exact) mass is 384 g/mol. The summed E-state index contributed by atoms with van der Waals surface area (Å²) in [5.41, 5.74) is 0.324. The quantitative estimate of drug-likeness (QED) is 0.463. The molecule has 0 spiro atoms. The van der Waals surface area contributed by atoms with Gasteiger partial charge in [0.15, 0.2) is 0 Å². The fourth-order valence-electron chi connectivity index (χ4n) is 2.91. The van der Waals surface area contributed by atoms with E-state index in [1.165, 1.54) is 16.8 Å². The summed E-state index contributed by atoms with van der Waals surface area (Å²) >= 11 is 0. The van der Waals surface area contributed by atoms with Gasteiger partial charge >= 0.3 is 0 Å². The van der Waals surface area contributed by atoms with Crippen LogP contribution >= 0.6 is 0 Å². The highest BCUT2D eigenvalue weighted by atomic mass is 16.3. The minimum absolute atomic E-state index is 0.136. The molecular weight excluding hydrogens is 368 g/mol. The van der Waals surface area contributed by atoms with Gasteiger partial charge in [0.25, 0.3) is 11.1 Å². The van der Waals surface area contributed by atoms with Crippen molar-refractivity contribution in [1.29, 1.82) is 0 Å². The van der Waals surface area contributed by atoms with Crippen LogP contribution in [0.2, 0.25) is 0 Å². The molecule has 0 unspecified atom stereocenters. The summed E-state index contributed by atoms with van der Waals surface area (Å²) in [4.78, 5) is 23.3. The summed E-state index contributed by atoms with van der Waals surface area (Å²) in [6.45, 7) is 0. The molecule has 142 valence electrons. The van der Waals surface area contributed by atoms with Crippen LogP contribution in [0.15, 0.2) is 94.8 Å². The third kappa shape index (κ3) is 3.74. The number of hydrogen-bond donors (Lipinski definition) is 2. The molecule has 5 aromatic rings. The molecule has 2 heterocycles. The van der Waals surface area contributed by atoms with Gasteiger partial charge in [0.2, 0.25) is 0 Å². The number of fused-ring (bicyclic) bond motifs is 2. The standard InChI is InChI=1S/C14H10N2O2.C8H6N2O/c17-12-7-5-11(6-8-12)16-14(18)13-4-2-1-3-10(13)9-15-16;11-8-7-4-2-1-3-6(7)5-9-10-8/h1-9,17H;1-5H,(H,10,11). The van der Waals surface area contributed by atoms with Crippen LogP contribution in [0.25, 0.3) is 27.2 Å². The fraction of sp³-hybridized carbons (Fsp3) is 0. The molecule has 29 heavy (non-hydrogen) atoms. The predicted octanol–water partition coefficient (Wildman–Crippen LogP) is 3.01. The minimum Gasteiger partial charge on any atom is -0.508 e. The smallest absolute Gasteiger partial charge is 0.279 e. The van der Waals surface area contributed by atoms with Crippen molar-refractivity contribution in [3.63, 3.8) is 0 Å². The third-order valence-electron chi connectivity index (χ3n) is 4.37. The van der Waals surface area contributed by atoms with E-state index in [2.05, 4.69) is 15.3 Å². The average Bonchev–Trinajstić information content (AvgIpc) is 2.76. The molecule has 0 atom stereocenters. The van der Waals surface area contributed by atoms with Crippen LogP contribution in [0.5, 0.6) is 5.75 Å². The van der Waals surface area contributed by atoms with E-state index in [-0.39, 0.29) is 16.9 Å². The highest BCUT2D eigenvalue weighted by molar-refractivity contribution is 5.81. The zero-order valence-corrected chi connectivity index (χ0v) is 15.2. The number of benzene rings is 3. The Morgan fingerprint density at radius 1 is 0.759 bits per heavy atom. The SMILES string of the molecule is O=c1[nH]ncc2ccccc12.O=c1c2ccccc2cnn1-c1ccc(O)cc1. The molecule has 0 aliphatic carbocycles. The highest BCUT2D eigenvalue weighted by Crippen LogP contribution is 2.13. The first-order chi connectivity index (χ1) is 14.1. The van der Waals surface area contributed by atoms with Crippen LogP contribution in [0.4, 0.5) is 0 Å². The molecule has 0 saturated carbocycles. The van der Waals surface area contributed by atoms with Crippen molar-refractivity contribution in [2.45, 2.75) is 0 Å². The summed E-state index contributed by atoms with van der Waals surface area (Å²) in [5, 5.41) is 22.4. The maximum atomic E-state index is 12.3. The largest absolute Gasteiger partial charge is 0.508 e. The Morgan fingerprint density at radius 2 is 1.38 bits per heavy atom. The first-order valence-corrected chi connectivity index (χ1v) is 8.82. The van der Waals surface area contributed by atoms with Crippen molar-refractivity contribution in [2.24, 2.45) is 0 Å². The maximum Gasteiger partial charge on any atom is 0.279 e. The molecule has 0 amide bonds. The maximum absolute atomic E-state index is 12.3. The number of aromatic amines is 1. The van der Waals surface area contributed by atoms with Gasteiger partial charge in [-0.05, 0) is 36.4 Å². The lowest BCUT2D eigenvalue weighted by Gasteiger charge is -2.05. The number of hydrogen-bond acceptors (Lipinski definition) is 5. The van der Waals surface area contributed by atoms with E-state index in [0.29, 0.717) is 16.5 Å². The van der Waals surface area contributed by atoms with Crippen molar-refractivity contribution in [3.8, 4) is 11.4 Å². The Kier molecular flexibility index (Phi) is 4.86. The van der Waals surface area contributed by atoms with E-state index >= 15 is 0 Å². The van der Waals surface area contributed by atoms with E-state index < -0.39 is 0 Å². The third-order valence-corrected chi connectivity index (χ3v) is 4.37. The molecular formula is C22H16N4O3. The van der Waals surface area contributed by atoms with Gasteiger partial charge in [0.05, 0.1) is 23.5 Å². The molecule has 7 nitrogen and oxygen atoms in total. The van der Waals surface area contributed by atoms with Gasteiger partial charge in [0.1, 0.15) is 5.75 Å². The lowest BCUT2D eigenvalue weighted by molar-refractivity contribution is 0.475. The Bertz CT molecular complexity index is 1400. The number of nitrogens with zero attached hydrogens (tertiary/aromatic N) is 3. The zero-order chi connectivity index (χ0) is 20.2. The summed E-state index contributed by atoms with van der Waals surface area (Å²) in [6, 6.07) is 21.0. The van der Waals surface area contributed by atoms with Gasteiger partial charge in [-0.15, -0.1) is 0 Å². The van der Waals surface area contributed by atoms with E-state index in [9.17, 15) is 14.7 Å². The van der Waals surface area contributed by atoms with Gasteiger partial charge in [-0.1, -0.05) is 36.4 Å². The van der Waals surface area contributed by atoms with Gasteiger partial charge in [-0.3, -0.25) is 9.59 Å². The lowest BCUT2D eigenvalue weighted by Crippen LogP contribution is -2.20. The molecule has 7 heteroatoms. The number of rotatable bonds is 1. The van der Waals surface area contributed by atoms with E-state index in [1.54, 1.807) is 36.7 Å². The number of phenolic OH excluding ortho intramolecular Hbond substituents is 1. The molecule has 2 aromatic heterocycles. The highest BCUT2D eigenvalue weighted by Gasteiger charge is 2.05. The molecule has 0 aliphatic heterocycles. The molecule has 3 aromatic carbocycles. The number of H-pyrrole nitrogens is 1. The van der Waals surface area contributed by atoms with Crippen LogP contribution in [0.1, 0.15) is 0 Å². The predicted molar refractivity (Wildman–Crippen MR) is 111 cm³/mol. The Labute approximate surface area is 164 Å². The average molecular weight is 384 g/mol. The first-order valence-electron chi connectivity index (χ1n) is 8.82. The number of nitrogens with one attached hydrogen (secondary N) is 1. The minimum atomic E-state index is -0.168. The van der Waals surface area contributed by atoms with Crippen molar-refractivity contribution in [2.75, 3.05) is 0 Å². The van der Waals surface area contributed by atoms with E-state index in [4.69, 9.17) is 0 Å². The molecule has 0 saturated heterocycles. The molecule has 0 bridgehead atoms. The number of phenols is 1. The van der Waals surface area contributed by atoms with Crippen molar-refractivity contribution >= 4 is 21.5 Å². The molecule has 0 fully saturated rings. The second-order valence-electron chi connectivity index (χ2n) is 6.25. The van der Waals surface area contributed by atoms with Gasteiger partial charge in [-0.2, -0.15) is 14.9 Å². The normalized spacial score (nSPS) is 10.5. The summed E-state index contributed by atoms with van der Waals surface area (Å²) in [5.74, 6) is 0.160. The van der Waals surface area contributed by atoms with Crippen molar-refractivity contribution in [1.82, 2.24) is 20.0 Å². The van der Waals surface area contributed by atoms with Gasteiger partial charge in [-0.25, -0.2) is 5.10 Å². The zero-order valence-electron chi connectivity index (χ0n) is 15.2. The number of aromatic hydroxyl groups is 1. The molecule has 0 aliphatic rings. The summed E-state index contributed by atoms with van der Waals surface area (Å²) in [6.07, 6.45) is 3.29. The van der Waals surface area contributed by atoms with E-state index in [0.717, 1.165) is 10.8 Å². The van der Waals surface area contributed by atoms with Crippen molar-refractivity contribution < 1.29 is 5.11 Å². The lowest BCUT2D eigenvalue weighted by atomic mass is 10.2. The summed E-state index contributed by atoms with van der Waals surface area (Å²) < 4.78 is 1.32. The Balaban J connectivity index is 0.000000159. The molecule has 2 N–H and O–H groups in total. The molecule has 5 rings (SSSR count). The van der Waals surface area contributed by atoms with Crippen LogP contribution in [0, 0.1) is 0 Å². The van der Waals surface area contributed by atoms with Crippen molar-refractivity contribution in [3.05, 3.63) is 106 Å². The van der Waals surface area contributed by atoms with Gasteiger partial charge < -0.3 is 5.11 Å². The van der Waals surface area contributed by atoms with Crippen LogP contribution in [0.3, 0.4) is 0 Å². The molecule has 0 radical (unpaired) electrons. The topological polar surface area (TPSA) is 101 Å². The second-order valence-corrected chi connectivity index (χ2v) is 6.25. The fourth-order valence-corrected chi connectivity index (χ4v) is 2.91. The Hall–Kier alpha value is -4.26. The Morgan fingerprint density at radius 3 is 2.07 bits per heavy atom. The second kappa shape index (κ2) is 7.77. The number of aromatic nitrogens is 4. The first kappa shape index (κ1) is 18.1.